The minimum absolute atomic E-state index is 0.0620. The molecule has 0 aliphatic carbocycles. The molecule has 2 aliphatic heterocycles. The molecule has 37 heavy (non-hydrogen) atoms. The molecular formula is C27H30N6O2S2. The van der Waals surface area contributed by atoms with Gasteiger partial charge < -0.3 is 9.80 Å². The third-order valence-corrected chi connectivity index (χ3v) is 9.27. The lowest BCUT2D eigenvalue weighted by Gasteiger charge is -2.42. The second kappa shape index (κ2) is 10.7. The molecule has 3 aromatic heterocycles. The molecule has 2 amide bonds. The molecule has 192 valence electrons. The highest BCUT2D eigenvalue weighted by molar-refractivity contribution is 7.10. The van der Waals surface area contributed by atoms with Gasteiger partial charge in [0.15, 0.2) is 0 Å². The molecule has 2 aliphatic rings. The van der Waals surface area contributed by atoms with Gasteiger partial charge in [-0.25, -0.2) is 0 Å². The summed E-state index contributed by atoms with van der Waals surface area (Å²) in [6, 6.07) is 10.3. The fourth-order valence-corrected chi connectivity index (χ4v) is 6.97. The Balaban J connectivity index is 0.945. The number of likely N-dealkylation sites (tertiary alicyclic amines) is 1. The molecule has 0 spiro atoms. The van der Waals surface area contributed by atoms with Crippen LogP contribution in [-0.2, 0) is 11.2 Å². The Hall–Kier alpha value is -3.08. The van der Waals surface area contributed by atoms with Crippen LogP contribution in [0.15, 0.2) is 46.5 Å². The van der Waals surface area contributed by atoms with E-state index in [0.29, 0.717) is 23.5 Å². The Bertz CT molecular complexity index is 1360. The SMILES string of the molecule is O=C(CCc1cc(-c2ccsc2)cs1)N1CCN(C2CCN(C(=O)c3ccc4n[nH]nc4c3)CC2)CC1. The summed E-state index contributed by atoms with van der Waals surface area (Å²) in [5, 5.41) is 17.2. The molecular weight excluding hydrogens is 504 g/mol. The number of H-pyrrole nitrogens is 1. The summed E-state index contributed by atoms with van der Waals surface area (Å²) in [7, 11) is 0. The van der Waals surface area contributed by atoms with E-state index in [1.807, 2.05) is 28.0 Å². The van der Waals surface area contributed by atoms with Crippen LogP contribution in [0.1, 0.15) is 34.5 Å². The van der Waals surface area contributed by atoms with Crippen LogP contribution in [0, 0.1) is 0 Å². The predicted molar refractivity (Wildman–Crippen MR) is 147 cm³/mol. The van der Waals surface area contributed by atoms with E-state index in [1.54, 1.807) is 22.7 Å². The van der Waals surface area contributed by atoms with E-state index in [1.165, 1.54) is 16.0 Å². The summed E-state index contributed by atoms with van der Waals surface area (Å²) in [5.74, 6) is 0.321. The summed E-state index contributed by atoms with van der Waals surface area (Å²) in [6.07, 6.45) is 3.32. The largest absolute Gasteiger partial charge is 0.340 e. The van der Waals surface area contributed by atoms with Crippen LogP contribution in [0.25, 0.3) is 22.2 Å². The number of hydrogen-bond donors (Lipinski definition) is 1. The average molecular weight is 535 g/mol. The Kier molecular flexibility index (Phi) is 7.04. The van der Waals surface area contributed by atoms with Gasteiger partial charge in [-0.2, -0.15) is 26.7 Å². The highest BCUT2D eigenvalue weighted by Crippen LogP contribution is 2.28. The molecule has 0 saturated carbocycles. The van der Waals surface area contributed by atoms with Crippen molar-refractivity contribution in [2.45, 2.75) is 31.7 Å². The summed E-state index contributed by atoms with van der Waals surface area (Å²) in [5.41, 5.74) is 4.66. The van der Waals surface area contributed by atoms with Crippen molar-refractivity contribution >= 4 is 45.5 Å². The van der Waals surface area contributed by atoms with Gasteiger partial charge >= 0.3 is 0 Å². The predicted octanol–water partition coefficient (Wildman–Crippen LogP) is 4.13. The summed E-state index contributed by atoms with van der Waals surface area (Å²) < 4.78 is 0. The number of carbonyl (C=O) groups excluding carboxylic acids is 2. The van der Waals surface area contributed by atoms with Gasteiger partial charge in [-0.1, -0.05) is 0 Å². The molecule has 0 atom stereocenters. The van der Waals surface area contributed by atoms with E-state index in [4.69, 9.17) is 0 Å². The number of fused-ring (bicyclic) bond motifs is 1. The number of aromatic nitrogens is 3. The number of nitrogens with zero attached hydrogens (tertiary/aromatic N) is 5. The van der Waals surface area contributed by atoms with Gasteiger partial charge in [-0.05, 0) is 76.9 Å². The van der Waals surface area contributed by atoms with Crippen molar-refractivity contribution in [3.05, 3.63) is 56.9 Å². The maximum atomic E-state index is 13.0. The number of benzene rings is 1. The maximum absolute atomic E-state index is 13.0. The Morgan fingerprint density at radius 3 is 2.49 bits per heavy atom. The van der Waals surface area contributed by atoms with Crippen molar-refractivity contribution in [2.75, 3.05) is 39.3 Å². The van der Waals surface area contributed by atoms with Crippen LogP contribution in [0.2, 0.25) is 0 Å². The van der Waals surface area contributed by atoms with Crippen LogP contribution in [0.4, 0.5) is 0 Å². The monoisotopic (exact) mass is 534 g/mol. The molecule has 1 aromatic carbocycles. The molecule has 8 nitrogen and oxygen atoms in total. The normalized spacial score (nSPS) is 17.5. The number of aryl methyl sites for hydroxylation is 1. The van der Waals surface area contributed by atoms with Crippen molar-refractivity contribution in [1.29, 1.82) is 0 Å². The number of hydrogen-bond acceptors (Lipinski definition) is 7. The maximum Gasteiger partial charge on any atom is 0.253 e. The van der Waals surface area contributed by atoms with Crippen LogP contribution >= 0.6 is 22.7 Å². The second-order valence-corrected chi connectivity index (χ2v) is 11.6. The van der Waals surface area contributed by atoms with Gasteiger partial charge in [0.1, 0.15) is 11.0 Å². The van der Waals surface area contributed by atoms with Crippen molar-refractivity contribution < 1.29 is 9.59 Å². The zero-order valence-electron chi connectivity index (χ0n) is 20.6. The number of amides is 2. The first kappa shape index (κ1) is 24.3. The number of nitrogens with one attached hydrogen (secondary N) is 1. The first-order valence-electron chi connectivity index (χ1n) is 12.9. The lowest BCUT2D eigenvalue weighted by Crippen LogP contribution is -2.54. The summed E-state index contributed by atoms with van der Waals surface area (Å²) in [4.78, 5) is 33.6. The first-order valence-corrected chi connectivity index (χ1v) is 14.7. The van der Waals surface area contributed by atoms with Gasteiger partial charge in [0, 0.05) is 62.2 Å². The summed E-state index contributed by atoms with van der Waals surface area (Å²) >= 11 is 3.46. The van der Waals surface area contributed by atoms with Crippen molar-refractivity contribution in [3.8, 4) is 11.1 Å². The van der Waals surface area contributed by atoms with Crippen LogP contribution < -0.4 is 0 Å². The number of piperidine rings is 1. The van der Waals surface area contributed by atoms with Crippen molar-refractivity contribution in [3.63, 3.8) is 0 Å². The molecule has 2 fully saturated rings. The van der Waals surface area contributed by atoms with Crippen LogP contribution in [0.5, 0.6) is 0 Å². The van der Waals surface area contributed by atoms with E-state index in [-0.39, 0.29) is 11.8 Å². The Labute approximate surface area is 223 Å². The molecule has 2 saturated heterocycles. The highest BCUT2D eigenvalue weighted by atomic mass is 32.1. The van der Waals surface area contributed by atoms with E-state index in [9.17, 15) is 9.59 Å². The molecule has 6 rings (SSSR count). The topological polar surface area (TPSA) is 85.4 Å². The number of thiophene rings is 2. The van der Waals surface area contributed by atoms with Crippen LogP contribution in [0.3, 0.4) is 0 Å². The van der Waals surface area contributed by atoms with Gasteiger partial charge in [-0.15, -0.1) is 11.3 Å². The third-order valence-electron chi connectivity index (χ3n) is 7.59. The number of carbonyl (C=O) groups is 2. The molecule has 10 heteroatoms. The fraction of sp³-hybridized carbons (Fsp3) is 0.407. The number of aromatic amines is 1. The highest BCUT2D eigenvalue weighted by Gasteiger charge is 2.30. The smallest absolute Gasteiger partial charge is 0.253 e. The number of piperazine rings is 1. The standard InChI is InChI=1S/C27H30N6O2S2/c34-26(4-2-23-15-21(18-37-23)20-7-14-36-17-20)32-12-10-31(11-13-32)22-5-8-33(9-6-22)27(35)19-1-3-24-25(16-19)29-30-28-24/h1,3,7,14-18,22H,2,4-6,8-13H2,(H,28,29,30). The van der Waals surface area contributed by atoms with Gasteiger partial charge in [0.25, 0.3) is 5.91 Å². The minimum atomic E-state index is 0.0620. The van der Waals surface area contributed by atoms with Gasteiger partial charge in [-0.3, -0.25) is 14.5 Å². The van der Waals surface area contributed by atoms with E-state index >= 15 is 0 Å². The quantitative estimate of drug-likeness (QED) is 0.402. The lowest BCUT2D eigenvalue weighted by atomic mass is 10.0. The minimum Gasteiger partial charge on any atom is -0.340 e. The molecule has 0 radical (unpaired) electrons. The Morgan fingerprint density at radius 2 is 1.70 bits per heavy atom. The molecule has 4 aromatic rings. The number of rotatable bonds is 6. The zero-order chi connectivity index (χ0) is 25.2. The molecule has 5 heterocycles. The molecule has 0 unspecified atom stereocenters. The van der Waals surface area contributed by atoms with Crippen molar-refractivity contribution in [2.24, 2.45) is 0 Å². The van der Waals surface area contributed by atoms with E-state index < -0.39 is 0 Å². The van der Waals surface area contributed by atoms with E-state index in [0.717, 1.165) is 64.0 Å². The Morgan fingerprint density at radius 1 is 0.892 bits per heavy atom. The molecule has 1 N–H and O–H groups in total. The lowest BCUT2D eigenvalue weighted by molar-refractivity contribution is -0.133. The van der Waals surface area contributed by atoms with Crippen LogP contribution in [-0.4, -0.2) is 87.2 Å². The zero-order valence-corrected chi connectivity index (χ0v) is 22.3. The molecule has 0 bridgehead atoms. The van der Waals surface area contributed by atoms with Gasteiger partial charge in [0.05, 0.1) is 0 Å². The average Bonchev–Trinajstić information content (AvgIpc) is 3.73. The van der Waals surface area contributed by atoms with E-state index in [2.05, 4.69) is 48.6 Å². The van der Waals surface area contributed by atoms with Crippen molar-refractivity contribution in [1.82, 2.24) is 30.1 Å². The van der Waals surface area contributed by atoms with Gasteiger partial charge in [0.2, 0.25) is 5.91 Å². The third kappa shape index (κ3) is 5.32. The fourth-order valence-electron chi connectivity index (χ4n) is 5.41. The summed E-state index contributed by atoms with van der Waals surface area (Å²) in [6.45, 7) is 4.92. The second-order valence-electron chi connectivity index (χ2n) is 9.78. The first-order chi connectivity index (χ1) is 18.1.